The van der Waals surface area contributed by atoms with Crippen LogP contribution in [0.4, 0.5) is 11.4 Å². The first-order valence-corrected chi connectivity index (χ1v) is 9.47. The van der Waals surface area contributed by atoms with Gasteiger partial charge in [-0.05, 0) is 55.5 Å². The summed E-state index contributed by atoms with van der Waals surface area (Å²) in [5.41, 5.74) is 1.50. The van der Waals surface area contributed by atoms with Crippen molar-refractivity contribution in [3.8, 4) is 0 Å². The van der Waals surface area contributed by atoms with E-state index in [0.29, 0.717) is 30.1 Å². The molecule has 0 bridgehead atoms. The van der Waals surface area contributed by atoms with E-state index in [-0.39, 0.29) is 23.2 Å². The smallest absolute Gasteiger partial charge is 0.261 e. The molecule has 1 amide bonds. The summed E-state index contributed by atoms with van der Waals surface area (Å²) in [6.07, 6.45) is 0. The van der Waals surface area contributed by atoms with Crippen LogP contribution in [-0.4, -0.2) is 39.9 Å². The Morgan fingerprint density at radius 1 is 1.08 bits per heavy atom. The van der Waals surface area contributed by atoms with Gasteiger partial charge in [-0.25, -0.2) is 8.42 Å². The number of carbonyl (C=O) groups is 2. The van der Waals surface area contributed by atoms with Gasteiger partial charge in [-0.1, -0.05) is 0 Å². The van der Waals surface area contributed by atoms with Crippen LogP contribution in [0, 0.1) is 0 Å². The van der Waals surface area contributed by atoms with Crippen molar-refractivity contribution in [2.45, 2.75) is 11.8 Å². The topological polar surface area (TPSA) is 92.8 Å². The number of hydrogen-bond donors (Lipinski definition) is 1. The third-order valence-corrected chi connectivity index (χ3v) is 5.39. The predicted octanol–water partition coefficient (Wildman–Crippen LogP) is 2.05. The fraction of sp³-hybridized carbons (Fsp3) is 0.222. The summed E-state index contributed by atoms with van der Waals surface area (Å²) in [5.74, 6) is -0.247. The first-order valence-electron chi connectivity index (χ1n) is 7.99. The molecule has 26 heavy (non-hydrogen) atoms. The second-order valence-electron chi connectivity index (χ2n) is 5.83. The summed E-state index contributed by atoms with van der Waals surface area (Å²) in [6, 6.07) is 12.3. The maximum absolute atomic E-state index is 12.5. The Hall–Kier alpha value is -2.71. The molecule has 3 rings (SSSR count). The van der Waals surface area contributed by atoms with Gasteiger partial charge in [0.15, 0.2) is 5.78 Å². The molecule has 1 N–H and O–H groups in total. The van der Waals surface area contributed by atoms with Gasteiger partial charge in [-0.15, -0.1) is 0 Å². The molecule has 1 saturated heterocycles. The number of anilines is 2. The van der Waals surface area contributed by atoms with Gasteiger partial charge in [0.25, 0.3) is 15.9 Å². The lowest BCUT2D eigenvalue weighted by atomic mass is 10.1. The highest BCUT2D eigenvalue weighted by Gasteiger charge is 2.21. The summed E-state index contributed by atoms with van der Waals surface area (Å²) in [7, 11) is -3.77. The number of benzene rings is 2. The van der Waals surface area contributed by atoms with E-state index in [1.165, 1.54) is 31.2 Å². The molecule has 1 fully saturated rings. The summed E-state index contributed by atoms with van der Waals surface area (Å²) in [6.45, 7) is 2.35. The van der Waals surface area contributed by atoms with E-state index in [1.54, 1.807) is 29.2 Å². The van der Waals surface area contributed by atoms with Gasteiger partial charge in [-0.3, -0.25) is 14.3 Å². The number of ketones is 1. The average Bonchev–Trinajstić information content (AvgIpc) is 2.62. The molecule has 0 saturated carbocycles. The molecule has 0 aromatic heterocycles. The number of ether oxygens (including phenoxy) is 1. The van der Waals surface area contributed by atoms with Gasteiger partial charge in [0.05, 0.1) is 11.5 Å². The van der Waals surface area contributed by atoms with E-state index in [0.717, 1.165) is 0 Å². The standard InChI is InChI=1S/C18H18N2O5S/c1-13(21)14-2-4-15(5-3-14)19-26(23,24)17-8-6-16(7-9-17)20-10-11-25-12-18(20)22/h2-9,19H,10-12H2,1H3. The van der Waals surface area contributed by atoms with Crippen molar-refractivity contribution in [3.63, 3.8) is 0 Å². The van der Waals surface area contributed by atoms with E-state index in [9.17, 15) is 18.0 Å². The number of hydrogen-bond acceptors (Lipinski definition) is 5. The minimum absolute atomic E-state index is 0.0257. The molecule has 2 aromatic rings. The summed E-state index contributed by atoms with van der Waals surface area (Å²) in [5, 5.41) is 0. The normalized spacial score (nSPS) is 15.0. The van der Waals surface area contributed by atoms with E-state index >= 15 is 0 Å². The molecule has 1 heterocycles. The number of morpholine rings is 1. The summed E-state index contributed by atoms with van der Waals surface area (Å²) < 4.78 is 32.5. The Kier molecular flexibility index (Phi) is 5.06. The maximum Gasteiger partial charge on any atom is 0.261 e. The van der Waals surface area contributed by atoms with Gasteiger partial charge in [0.2, 0.25) is 0 Å². The van der Waals surface area contributed by atoms with E-state index in [1.807, 2.05) is 0 Å². The third kappa shape index (κ3) is 3.92. The average molecular weight is 374 g/mol. The van der Waals surface area contributed by atoms with Crippen LogP contribution in [0.3, 0.4) is 0 Å². The Morgan fingerprint density at radius 3 is 2.31 bits per heavy atom. The molecular weight excluding hydrogens is 356 g/mol. The zero-order valence-electron chi connectivity index (χ0n) is 14.1. The zero-order valence-corrected chi connectivity index (χ0v) is 15.0. The molecule has 8 heteroatoms. The fourth-order valence-corrected chi connectivity index (χ4v) is 3.64. The minimum atomic E-state index is -3.77. The lowest BCUT2D eigenvalue weighted by Gasteiger charge is -2.26. The SMILES string of the molecule is CC(=O)c1ccc(NS(=O)(=O)c2ccc(N3CCOCC3=O)cc2)cc1. The monoisotopic (exact) mass is 374 g/mol. The molecule has 1 aliphatic heterocycles. The van der Waals surface area contributed by atoms with Crippen molar-refractivity contribution in [1.29, 1.82) is 0 Å². The molecule has 0 radical (unpaired) electrons. The Morgan fingerprint density at radius 2 is 1.73 bits per heavy atom. The Labute approximate surface area is 151 Å². The summed E-state index contributed by atoms with van der Waals surface area (Å²) >= 11 is 0. The Bertz CT molecular complexity index is 921. The number of nitrogens with one attached hydrogen (secondary N) is 1. The van der Waals surface area contributed by atoms with Crippen LogP contribution < -0.4 is 9.62 Å². The molecule has 0 spiro atoms. The van der Waals surface area contributed by atoms with Crippen molar-refractivity contribution in [1.82, 2.24) is 0 Å². The molecule has 0 atom stereocenters. The maximum atomic E-state index is 12.5. The molecular formula is C18H18N2O5S. The second-order valence-corrected chi connectivity index (χ2v) is 7.51. The molecule has 1 aliphatic rings. The number of rotatable bonds is 5. The van der Waals surface area contributed by atoms with Crippen LogP contribution in [0.25, 0.3) is 0 Å². The van der Waals surface area contributed by atoms with Gasteiger partial charge in [0, 0.05) is 23.5 Å². The fourth-order valence-electron chi connectivity index (χ4n) is 2.58. The second kappa shape index (κ2) is 7.27. The van der Waals surface area contributed by atoms with Gasteiger partial charge in [-0.2, -0.15) is 0 Å². The lowest BCUT2D eigenvalue weighted by molar-refractivity contribution is -0.125. The number of nitrogens with zero attached hydrogens (tertiary/aromatic N) is 1. The van der Waals surface area contributed by atoms with E-state index in [4.69, 9.17) is 4.74 Å². The highest BCUT2D eigenvalue weighted by Crippen LogP contribution is 2.22. The van der Waals surface area contributed by atoms with Crippen LogP contribution in [0.2, 0.25) is 0 Å². The number of carbonyl (C=O) groups excluding carboxylic acids is 2. The lowest BCUT2D eigenvalue weighted by Crippen LogP contribution is -2.41. The van der Waals surface area contributed by atoms with Crippen LogP contribution in [-0.2, 0) is 19.6 Å². The van der Waals surface area contributed by atoms with Gasteiger partial charge >= 0.3 is 0 Å². The number of sulfonamides is 1. The van der Waals surface area contributed by atoms with E-state index in [2.05, 4.69) is 4.72 Å². The third-order valence-electron chi connectivity index (χ3n) is 3.99. The van der Waals surface area contributed by atoms with Crippen LogP contribution in [0.5, 0.6) is 0 Å². The minimum Gasteiger partial charge on any atom is -0.370 e. The zero-order chi connectivity index (χ0) is 18.7. The van der Waals surface area contributed by atoms with Crippen LogP contribution >= 0.6 is 0 Å². The molecule has 7 nitrogen and oxygen atoms in total. The van der Waals surface area contributed by atoms with Crippen molar-refractivity contribution in [2.24, 2.45) is 0 Å². The molecule has 0 aliphatic carbocycles. The Balaban J connectivity index is 1.76. The van der Waals surface area contributed by atoms with Gasteiger partial charge < -0.3 is 9.64 Å². The molecule has 136 valence electrons. The first kappa shape index (κ1) is 18.1. The molecule has 2 aromatic carbocycles. The molecule has 0 unspecified atom stereocenters. The number of amides is 1. The largest absolute Gasteiger partial charge is 0.370 e. The highest BCUT2D eigenvalue weighted by atomic mass is 32.2. The quantitative estimate of drug-likeness (QED) is 0.809. The van der Waals surface area contributed by atoms with Crippen LogP contribution in [0.1, 0.15) is 17.3 Å². The van der Waals surface area contributed by atoms with E-state index < -0.39 is 10.0 Å². The highest BCUT2D eigenvalue weighted by molar-refractivity contribution is 7.92. The van der Waals surface area contributed by atoms with Gasteiger partial charge in [0.1, 0.15) is 6.61 Å². The van der Waals surface area contributed by atoms with Crippen molar-refractivity contribution in [3.05, 3.63) is 54.1 Å². The van der Waals surface area contributed by atoms with Crippen LogP contribution in [0.15, 0.2) is 53.4 Å². The predicted molar refractivity (Wildman–Crippen MR) is 96.9 cm³/mol. The summed E-state index contributed by atoms with van der Waals surface area (Å²) in [4.78, 5) is 24.8. The van der Waals surface area contributed by atoms with Crippen molar-refractivity contribution < 1.29 is 22.7 Å². The number of Topliss-reactive ketones (excluding diaryl/α,β-unsaturated/α-hetero) is 1. The first-order chi connectivity index (χ1) is 12.4. The van der Waals surface area contributed by atoms with Crippen molar-refractivity contribution >= 4 is 33.1 Å². The van der Waals surface area contributed by atoms with Crippen molar-refractivity contribution in [2.75, 3.05) is 29.4 Å².